The Kier molecular flexibility index (Phi) is 7.95. The van der Waals surface area contributed by atoms with E-state index in [2.05, 4.69) is 59.4 Å². The minimum Gasteiger partial charge on any atom is -0.368 e. The Balaban J connectivity index is 0.00000132. The number of rotatable bonds is 2. The van der Waals surface area contributed by atoms with Crippen LogP contribution in [0.15, 0.2) is 18.2 Å². The van der Waals surface area contributed by atoms with Gasteiger partial charge >= 0.3 is 0 Å². The molecular weight excluding hydrogens is 331 g/mol. The van der Waals surface area contributed by atoms with Gasteiger partial charge in [0.05, 0.1) is 0 Å². The lowest BCUT2D eigenvalue weighted by Gasteiger charge is -2.37. The van der Waals surface area contributed by atoms with E-state index in [-0.39, 0.29) is 24.8 Å². The minimum atomic E-state index is 0. The normalized spacial score (nSPS) is 24.7. The first-order valence-electron chi connectivity index (χ1n) is 8.21. The molecule has 1 aromatic rings. The Morgan fingerprint density at radius 3 is 2.52 bits per heavy atom. The number of nitrogens with zero attached hydrogens (tertiary/aromatic N) is 2. The maximum absolute atomic E-state index is 3.51. The molecule has 0 radical (unpaired) electrons. The maximum Gasteiger partial charge on any atom is 0.0398 e. The molecule has 0 saturated carbocycles. The molecule has 132 valence electrons. The highest BCUT2D eigenvalue weighted by Gasteiger charge is 2.21. The van der Waals surface area contributed by atoms with Crippen LogP contribution in [-0.2, 0) is 0 Å². The molecule has 2 fully saturated rings. The highest BCUT2D eigenvalue weighted by atomic mass is 35.5. The fourth-order valence-corrected chi connectivity index (χ4v) is 3.55. The van der Waals surface area contributed by atoms with Crippen molar-refractivity contribution in [3.05, 3.63) is 23.8 Å². The van der Waals surface area contributed by atoms with Crippen molar-refractivity contribution in [1.82, 2.24) is 10.6 Å². The van der Waals surface area contributed by atoms with Gasteiger partial charge < -0.3 is 20.4 Å². The molecule has 2 atom stereocenters. The van der Waals surface area contributed by atoms with Crippen molar-refractivity contribution in [3.8, 4) is 0 Å². The number of benzene rings is 1. The van der Waals surface area contributed by atoms with Crippen molar-refractivity contribution in [1.29, 1.82) is 0 Å². The van der Waals surface area contributed by atoms with Gasteiger partial charge in [0.25, 0.3) is 0 Å². The molecule has 2 heterocycles. The average molecular weight is 361 g/mol. The van der Waals surface area contributed by atoms with E-state index < -0.39 is 0 Å². The molecule has 0 aliphatic carbocycles. The van der Waals surface area contributed by atoms with Gasteiger partial charge in [0.1, 0.15) is 0 Å². The third-order valence-electron chi connectivity index (χ3n) is 4.72. The second-order valence-electron chi connectivity index (χ2n) is 6.52. The van der Waals surface area contributed by atoms with Gasteiger partial charge in [-0.25, -0.2) is 0 Å². The molecule has 0 bridgehead atoms. The highest BCUT2D eigenvalue weighted by molar-refractivity contribution is 5.85. The van der Waals surface area contributed by atoms with Gasteiger partial charge in [-0.3, -0.25) is 0 Å². The molecule has 2 aliphatic rings. The van der Waals surface area contributed by atoms with Crippen molar-refractivity contribution < 1.29 is 0 Å². The molecule has 0 spiro atoms. The molecule has 4 nitrogen and oxygen atoms in total. The lowest BCUT2D eigenvalue weighted by Crippen LogP contribution is -2.50. The largest absolute Gasteiger partial charge is 0.368 e. The van der Waals surface area contributed by atoms with Gasteiger partial charge in [0, 0.05) is 62.7 Å². The molecule has 1 aromatic carbocycles. The smallest absolute Gasteiger partial charge is 0.0398 e. The summed E-state index contributed by atoms with van der Waals surface area (Å²) in [6.45, 7) is 13.4. The summed E-state index contributed by atoms with van der Waals surface area (Å²) in [5.74, 6) is 0. The van der Waals surface area contributed by atoms with Crippen LogP contribution in [0.5, 0.6) is 0 Å². The third-order valence-corrected chi connectivity index (χ3v) is 4.72. The number of piperazine rings is 2. The van der Waals surface area contributed by atoms with E-state index in [9.17, 15) is 0 Å². The fourth-order valence-electron chi connectivity index (χ4n) is 3.55. The molecule has 2 aliphatic heterocycles. The summed E-state index contributed by atoms with van der Waals surface area (Å²) in [5, 5.41) is 6.97. The van der Waals surface area contributed by atoms with Crippen LogP contribution in [0.3, 0.4) is 0 Å². The van der Waals surface area contributed by atoms with Crippen LogP contribution in [0.4, 0.5) is 11.4 Å². The highest BCUT2D eigenvalue weighted by Crippen LogP contribution is 2.27. The number of aryl methyl sites for hydroxylation is 1. The van der Waals surface area contributed by atoms with Gasteiger partial charge in [0.2, 0.25) is 0 Å². The maximum atomic E-state index is 3.51. The van der Waals surface area contributed by atoms with E-state index in [1.165, 1.54) is 16.9 Å². The SMILES string of the molecule is Cc1cc(N2CCNC[C@@H]2C)ccc1N1CCN[C@H](C)C1.Cl.Cl. The zero-order valence-corrected chi connectivity index (χ0v) is 16.0. The number of anilines is 2. The predicted octanol–water partition coefficient (Wildman–Crippen LogP) is 2.43. The average Bonchev–Trinajstić information content (AvgIpc) is 2.47. The van der Waals surface area contributed by atoms with E-state index in [4.69, 9.17) is 0 Å². The molecule has 0 amide bonds. The summed E-state index contributed by atoms with van der Waals surface area (Å²) in [7, 11) is 0. The van der Waals surface area contributed by atoms with Crippen LogP contribution in [0.1, 0.15) is 19.4 Å². The second-order valence-corrected chi connectivity index (χ2v) is 6.52. The molecule has 0 unspecified atom stereocenters. The third kappa shape index (κ3) is 4.66. The lowest BCUT2D eigenvalue weighted by molar-refractivity contribution is 0.484. The summed E-state index contributed by atoms with van der Waals surface area (Å²) in [6, 6.07) is 8.13. The van der Waals surface area contributed by atoms with Gasteiger partial charge in [-0.1, -0.05) is 0 Å². The number of nitrogens with one attached hydrogen (secondary N) is 2. The van der Waals surface area contributed by atoms with Crippen LogP contribution in [0.2, 0.25) is 0 Å². The Labute approximate surface area is 152 Å². The first kappa shape index (κ1) is 20.4. The molecule has 0 aromatic heterocycles. The van der Waals surface area contributed by atoms with E-state index in [1.807, 2.05) is 0 Å². The minimum absolute atomic E-state index is 0. The van der Waals surface area contributed by atoms with Crippen molar-refractivity contribution in [3.63, 3.8) is 0 Å². The van der Waals surface area contributed by atoms with Crippen molar-refractivity contribution in [2.75, 3.05) is 49.1 Å². The Morgan fingerprint density at radius 2 is 1.87 bits per heavy atom. The van der Waals surface area contributed by atoms with Crippen LogP contribution in [0.25, 0.3) is 0 Å². The van der Waals surface area contributed by atoms with Gasteiger partial charge in [0.15, 0.2) is 0 Å². The van der Waals surface area contributed by atoms with E-state index >= 15 is 0 Å². The molecule has 6 heteroatoms. The standard InChI is InChI=1S/C17H28N4.2ClH/c1-13-10-16(21-9-6-18-11-15(21)3)4-5-17(13)20-8-7-19-14(2)12-20;;/h4-5,10,14-15,18-19H,6-9,11-12H2,1-3H3;2*1H/t14-,15+;;/m1../s1. The molecule has 23 heavy (non-hydrogen) atoms. The van der Waals surface area contributed by atoms with Gasteiger partial charge in [-0.15, -0.1) is 24.8 Å². The predicted molar refractivity (Wildman–Crippen MR) is 105 cm³/mol. The summed E-state index contributed by atoms with van der Waals surface area (Å²) in [5.41, 5.74) is 4.16. The number of hydrogen-bond donors (Lipinski definition) is 2. The van der Waals surface area contributed by atoms with E-state index in [1.54, 1.807) is 0 Å². The van der Waals surface area contributed by atoms with Crippen molar-refractivity contribution >= 4 is 36.2 Å². The topological polar surface area (TPSA) is 30.5 Å². The van der Waals surface area contributed by atoms with Crippen LogP contribution >= 0.6 is 24.8 Å². The van der Waals surface area contributed by atoms with Crippen LogP contribution < -0.4 is 20.4 Å². The monoisotopic (exact) mass is 360 g/mol. The Bertz CT molecular complexity index is 497. The molecule has 3 rings (SSSR count). The zero-order chi connectivity index (χ0) is 14.8. The summed E-state index contributed by atoms with van der Waals surface area (Å²) < 4.78 is 0. The quantitative estimate of drug-likeness (QED) is 0.847. The lowest BCUT2D eigenvalue weighted by atomic mass is 10.1. The summed E-state index contributed by atoms with van der Waals surface area (Å²) >= 11 is 0. The van der Waals surface area contributed by atoms with Gasteiger partial charge in [-0.2, -0.15) is 0 Å². The number of hydrogen-bond acceptors (Lipinski definition) is 4. The molecular formula is C17H30Cl2N4. The Morgan fingerprint density at radius 1 is 1.09 bits per heavy atom. The first-order valence-corrected chi connectivity index (χ1v) is 8.21. The van der Waals surface area contributed by atoms with Crippen LogP contribution in [0, 0.1) is 6.92 Å². The van der Waals surface area contributed by atoms with Gasteiger partial charge in [-0.05, 0) is 44.5 Å². The van der Waals surface area contributed by atoms with Crippen LogP contribution in [-0.4, -0.2) is 51.4 Å². The Hall–Kier alpha value is -0.680. The van der Waals surface area contributed by atoms with E-state index in [0.717, 1.165) is 39.3 Å². The fraction of sp³-hybridized carbons (Fsp3) is 0.647. The van der Waals surface area contributed by atoms with E-state index in [0.29, 0.717) is 12.1 Å². The number of halogens is 2. The first-order chi connectivity index (χ1) is 10.1. The van der Waals surface area contributed by atoms with Crippen molar-refractivity contribution in [2.45, 2.75) is 32.9 Å². The second kappa shape index (κ2) is 8.97. The summed E-state index contributed by atoms with van der Waals surface area (Å²) in [4.78, 5) is 5.04. The molecule has 2 saturated heterocycles. The summed E-state index contributed by atoms with van der Waals surface area (Å²) in [6.07, 6.45) is 0. The molecule has 2 N–H and O–H groups in total. The van der Waals surface area contributed by atoms with Crippen molar-refractivity contribution in [2.24, 2.45) is 0 Å². The zero-order valence-electron chi connectivity index (χ0n) is 14.3.